The van der Waals surface area contributed by atoms with Crippen LogP contribution in [0.25, 0.3) is 5.95 Å². The number of nitrogens with one attached hydrogen (secondary N) is 2. The molecular formula is C19H29ClN6O. The number of carbonyl (C=O) groups is 1. The molecule has 0 saturated carbocycles. The number of aromatic nitrogens is 4. The molecule has 1 aliphatic rings. The number of amides is 1. The molecule has 0 spiro atoms. The number of piperidine rings is 1. The smallest absolute Gasteiger partial charge is 0.251 e. The van der Waals surface area contributed by atoms with Crippen LogP contribution in [0.15, 0.2) is 6.07 Å². The summed E-state index contributed by atoms with van der Waals surface area (Å²) >= 11 is 0. The van der Waals surface area contributed by atoms with Gasteiger partial charge in [0.2, 0.25) is 5.91 Å². The zero-order valence-electron chi connectivity index (χ0n) is 16.5. The number of nitrogens with zero attached hydrogens (tertiary/aromatic N) is 4. The van der Waals surface area contributed by atoms with Crippen LogP contribution in [0.3, 0.4) is 0 Å². The molecule has 3 rings (SSSR count). The minimum absolute atomic E-state index is 0. The van der Waals surface area contributed by atoms with Crippen molar-refractivity contribution in [3.05, 3.63) is 34.4 Å². The van der Waals surface area contributed by atoms with Crippen molar-refractivity contribution in [3.63, 3.8) is 0 Å². The average Bonchev–Trinajstić information content (AvgIpc) is 2.88. The molecule has 1 atom stereocenters. The van der Waals surface area contributed by atoms with E-state index in [2.05, 4.69) is 25.7 Å². The number of hydrogen-bond donors (Lipinski definition) is 2. The Hall–Kier alpha value is -1.99. The summed E-state index contributed by atoms with van der Waals surface area (Å²) < 4.78 is 1.74. The first-order valence-electron chi connectivity index (χ1n) is 9.29. The van der Waals surface area contributed by atoms with Gasteiger partial charge in [-0.2, -0.15) is 5.10 Å². The molecular weight excluding hydrogens is 364 g/mol. The van der Waals surface area contributed by atoms with Crippen LogP contribution in [0.5, 0.6) is 0 Å². The third kappa shape index (κ3) is 5.26. The molecule has 3 heterocycles. The maximum absolute atomic E-state index is 12.4. The van der Waals surface area contributed by atoms with E-state index in [0.717, 1.165) is 48.0 Å². The van der Waals surface area contributed by atoms with Gasteiger partial charge in [0.1, 0.15) is 0 Å². The van der Waals surface area contributed by atoms with Crippen LogP contribution in [0.4, 0.5) is 0 Å². The SMILES string of the molecule is Cc1cc(C)nc(-n2nc(C)c(CC(=O)NCC3CCCNC3)c2C)n1.Cl. The topological polar surface area (TPSA) is 84.7 Å². The van der Waals surface area contributed by atoms with Gasteiger partial charge in [-0.1, -0.05) is 0 Å². The summed E-state index contributed by atoms with van der Waals surface area (Å²) in [7, 11) is 0. The Labute approximate surface area is 166 Å². The molecule has 2 N–H and O–H groups in total. The Morgan fingerprint density at radius 1 is 1.26 bits per heavy atom. The van der Waals surface area contributed by atoms with Gasteiger partial charge in [0, 0.05) is 29.2 Å². The Bertz CT molecular complexity index is 777. The highest BCUT2D eigenvalue weighted by Gasteiger charge is 2.19. The van der Waals surface area contributed by atoms with E-state index in [9.17, 15) is 4.79 Å². The number of carbonyl (C=O) groups excluding carboxylic acids is 1. The van der Waals surface area contributed by atoms with Gasteiger partial charge >= 0.3 is 0 Å². The predicted molar refractivity (Wildman–Crippen MR) is 108 cm³/mol. The van der Waals surface area contributed by atoms with Crippen molar-refractivity contribution < 1.29 is 4.79 Å². The molecule has 1 fully saturated rings. The lowest BCUT2D eigenvalue weighted by atomic mass is 9.99. The number of hydrogen-bond acceptors (Lipinski definition) is 5. The van der Waals surface area contributed by atoms with Crippen molar-refractivity contribution in [3.8, 4) is 5.95 Å². The second-order valence-electron chi connectivity index (χ2n) is 7.21. The summed E-state index contributed by atoms with van der Waals surface area (Å²) in [6.45, 7) is 10.6. The predicted octanol–water partition coefficient (Wildman–Crippen LogP) is 1.98. The van der Waals surface area contributed by atoms with Gasteiger partial charge in [0.05, 0.1) is 12.1 Å². The van der Waals surface area contributed by atoms with Crippen LogP contribution in [0.1, 0.15) is 41.2 Å². The molecule has 2 aromatic heterocycles. The second kappa shape index (κ2) is 9.28. The number of halogens is 1. The van der Waals surface area contributed by atoms with Gasteiger partial charge in [-0.15, -0.1) is 12.4 Å². The minimum Gasteiger partial charge on any atom is -0.355 e. The lowest BCUT2D eigenvalue weighted by Crippen LogP contribution is -2.38. The van der Waals surface area contributed by atoms with E-state index in [1.54, 1.807) is 4.68 Å². The Morgan fingerprint density at radius 2 is 1.96 bits per heavy atom. The van der Waals surface area contributed by atoms with Gasteiger partial charge in [0.25, 0.3) is 5.95 Å². The average molecular weight is 393 g/mol. The maximum atomic E-state index is 12.4. The van der Waals surface area contributed by atoms with Gasteiger partial charge in [-0.3, -0.25) is 4.79 Å². The first kappa shape index (κ1) is 21.3. The summed E-state index contributed by atoms with van der Waals surface area (Å²) in [5.74, 6) is 1.13. The van der Waals surface area contributed by atoms with Crippen molar-refractivity contribution in [2.75, 3.05) is 19.6 Å². The van der Waals surface area contributed by atoms with Crippen LogP contribution in [0.2, 0.25) is 0 Å². The Balaban J connectivity index is 0.00000261. The van der Waals surface area contributed by atoms with E-state index in [1.807, 2.05) is 33.8 Å². The van der Waals surface area contributed by atoms with Crippen LogP contribution in [0, 0.1) is 33.6 Å². The quantitative estimate of drug-likeness (QED) is 0.812. The molecule has 7 nitrogen and oxygen atoms in total. The van der Waals surface area contributed by atoms with Gasteiger partial charge < -0.3 is 10.6 Å². The molecule has 1 amide bonds. The summed E-state index contributed by atoms with van der Waals surface area (Å²) in [5, 5.41) is 11.0. The van der Waals surface area contributed by atoms with Gasteiger partial charge in [-0.25, -0.2) is 14.6 Å². The largest absolute Gasteiger partial charge is 0.355 e. The minimum atomic E-state index is 0. The first-order valence-corrected chi connectivity index (χ1v) is 9.29. The first-order chi connectivity index (χ1) is 12.4. The maximum Gasteiger partial charge on any atom is 0.251 e. The molecule has 0 bridgehead atoms. The van der Waals surface area contributed by atoms with Gasteiger partial charge in [-0.05, 0) is 65.6 Å². The highest BCUT2D eigenvalue weighted by molar-refractivity contribution is 5.85. The Kier molecular flexibility index (Phi) is 7.33. The van der Waals surface area contributed by atoms with Crippen molar-refractivity contribution in [2.24, 2.45) is 5.92 Å². The summed E-state index contributed by atoms with van der Waals surface area (Å²) in [6.07, 6.45) is 2.69. The normalized spacial score (nSPS) is 16.7. The van der Waals surface area contributed by atoms with E-state index in [4.69, 9.17) is 0 Å². The molecule has 2 aromatic rings. The lowest BCUT2D eigenvalue weighted by Gasteiger charge is -2.22. The molecule has 1 aliphatic heterocycles. The van der Waals surface area contributed by atoms with E-state index in [0.29, 0.717) is 18.3 Å². The Morgan fingerprint density at radius 3 is 2.59 bits per heavy atom. The monoisotopic (exact) mass is 392 g/mol. The molecule has 0 aliphatic carbocycles. The van der Waals surface area contributed by atoms with Crippen molar-refractivity contribution in [1.82, 2.24) is 30.4 Å². The zero-order valence-corrected chi connectivity index (χ0v) is 17.3. The van der Waals surface area contributed by atoms with Crippen molar-refractivity contribution in [1.29, 1.82) is 0 Å². The fourth-order valence-electron chi connectivity index (χ4n) is 3.51. The van der Waals surface area contributed by atoms with Gasteiger partial charge in [0.15, 0.2) is 0 Å². The molecule has 1 saturated heterocycles. The van der Waals surface area contributed by atoms with Crippen LogP contribution in [-0.2, 0) is 11.2 Å². The molecule has 0 radical (unpaired) electrons. The van der Waals surface area contributed by atoms with E-state index in [-0.39, 0.29) is 18.3 Å². The summed E-state index contributed by atoms with van der Waals surface area (Å²) in [5.41, 5.74) is 4.52. The highest BCUT2D eigenvalue weighted by Crippen LogP contribution is 2.17. The van der Waals surface area contributed by atoms with Crippen molar-refractivity contribution in [2.45, 2.75) is 47.0 Å². The van der Waals surface area contributed by atoms with Crippen molar-refractivity contribution >= 4 is 18.3 Å². The molecule has 0 aromatic carbocycles. The summed E-state index contributed by atoms with van der Waals surface area (Å²) in [6, 6.07) is 1.93. The van der Waals surface area contributed by atoms with E-state index < -0.39 is 0 Å². The lowest BCUT2D eigenvalue weighted by molar-refractivity contribution is -0.120. The van der Waals surface area contributed by atoms with Crippen LogP contribution in [-0.4, -0.2) is 45.3 Å². The standard InChI is InChI=1S/C19H28N6O.ClH/c1-12-8-13(2)23-19(22-12)25-15(4)17(14(3)24-25)9-18(26)21-11-16-6-5-7-20-10-16;/h8,16,20H,5-7,9-11H2,1-4H3,(H,21,26);1H. The third-order valence-electron chi connectivity index (χ3n) is 4.93. The van der Waals surface area contributed by atoms with E-state index in [1.165, 1.54) is 12.8 Å². The van der Waals surface area contributed by atoms with E-state index >= 15 is 0 Å². The number of rotatable bonds is 5. The highest BCUT2D eigenvalue weighted by atomic mass is 35.5. The number of aryl methyl sites for hydroxylation is 3. The van der Waals surface area contributed by atoms with Crippen LogP contribution < -0.4 is 10.6 Å². The third-order valence-corrected chi connectivity index (χ3v) is 4.93. The summed E-state index contributed by atoms with van der Waals surface area (Å²) in [4.78, 5) is 21.4. The molecule has 27 heavy (non-hydrogen) atoms. The fraction of sp³-hybridized carbons (Fsp3) is 0.579. The molecule has 1 unspecified atom stereocenters. The van der Waals surface area contributed by atoms with Crippen LogP contribution >= 0.6 is 12.4 Å². The molecule has 8 heteroatoms. The second-order valence-corrected chi connectivity index (χ2v) is 7.21. The fourth-order valence-corrected chi connectivity index (χ4v) is 3.51. The molecule has 148 valence electrons. The zero-order chi connectivity index (χ0) is 18.7.